The summed E-state index contributed by atoms with van der Waals surface area (Å²) in [6, 6.07) is 12.1. The van der Waals surface area contributed by atoms with Crippen LogP contribution in [0.2, 0.25) is 0 Å². The molecule has 6 heteroatoms. The zero-order valence-corrected chi connectivity index (χ0v) is 15.6. The molecule has 1 N–H and O–H groups in total. The fourth-order valence-corrected chi connectivity index (χ4v) is 3.06. The summed E-state index contributed by atoms with van der Waals surface area (Å²) in [4.78, 5) is 28.3. The zero-order chi connectivity index (χ0) is 19.0. The minimum absolute atomic E-state index is 0.116. The second kappa shape index (κ2) is 6.46. The Bertz CT molecular complexity index is 1140. The van der Waals surface area contributed by atoms with Gasteiger partial charge in [-0.3, -0.25) is 9.78 Å². The Morgan fingerprint density at radius 1 is 1.04 bits per heavy atom. The summed E-state index contributed by atoms with van der Waals surface area (Å²) < 4.78 is 1.84. The van der Waals surface area contributed by atoms with Crippen LogP contribution >= 0.6 is 0 Å². The highest BCUT2D eigenvalue weighted by atomic mass is 16.1. The molecular formula is C21H21N5O. The van der Waals surface area contributed by atoms with Crippen molar-refractivity contribution in [2.24, 2.45) is 0 Å². The first-order valence-electron chi connectivity index (χ1n) is 8.87. The van der Waals surface area contributed by atoms with Crippen molar-refractivity contribution in [3.63, 3.8) is 0 Å². The van der Waals surface area contributed by atoms with Gasteiger partial charge in [0.25, 0.3) is 5.56 Å². The van der Waals surface area contributed by atoms with Gasteiger partial charge in [0.05, 0.1) is 6.33 Å². The number of aromatic amines is 1. The molecule has 27 heavy (non-hydrogen) atoms. The van der Waals surface area contributed by atoms with E-state index in [0.717, 1.165) is 11.1 Å². The molecule has 0 aliphatic rings. The molecule has 0 amide bonds. The largest absolute Gasteiger partial charge is 0.320 e. The van der Waals surface area contributed by atoms with Gasteiger partial charge in [0, 0.05) is 24.5 Å². The maximum Gasteiger partial charge on any atom is 0.277 e. The van der Waals surface area contributed by atoms with Crippen LogP contribution in [-0.4, -0.2) is 24.5 Å². The number of rotatable bonds is 3. The molecule has 1 aromatic carbocycles. The second-order valence-electron chi connectivity index (χ2n) is 7.64. The van der Waals surface area contributed by atoms with Gasteiger partial charge in [0.1, 0.15) is 5.82 Å². The van der Waals surface area contributed by atoms with Crippen molar-refractivity contribution in [2.75, 3.05) is 0 Å². The molecule has 4 rings (SSSR count). The number of benzene rings is 1. The number of pyridine rings is 1. The lowest BCUT2D eigenvalue weighted by Gasteiger charge is -2.19. The molecule has 0 aliphatic carbocycles. The molecule has 0 unspecified atom stereocenters. The van der Waals surface area contributed by atoms with Gasteiger partial charge in [-0.25, -0.2) is 9.97 Å². The van der Waals surface area contributed by atoms with E-state index in [0.29, 0.717) is 23.5 Å². The van der Waals surface area contributed by atoms with E-state index in [-0.39, 0.29) is 11.0 Å². The third-order valence-electron chi connectivity index (χ3n) is 4.61. The fraction of sp³-hybridized carbons (Fsp3) is 0.238. The predicted molar refractivity (Wildman–Crippen MR) is 106 cm³/mol. The van der Waals surface area contributed by atoms with E-state index in [2.05, 4.69) is 65.0 Å². The number of hydrogen-bond donors (Lipinski definition) is 1. The van der Waals surface area contributed by atoms with Gasteiger partial charge in [-0.1, -0.05) is 45.0 Å². The van der Waals surface area contributed by atoms with Crippen LogP contribution in [0.5, 0.6) is 0 Å². The predicted octanol–water partition coefficient (Wildman–Crippen LogP) is 3.53. The van der Waals surface area contributed by atoms with Crippen LogP contribution < -0.4 is 5.56 Å². The molecule has 3 heterocycles. The number of hydrogen-bond acceptors (Lipinski definition) is 4. The summed E-state index contributed by atoms with van der Waals surface area (Å²) >= 11 is 0. The number of aromatic nitrogens is 5. The summed E-state index contributed by atoms with van der Waals surface area (Å²) in [6.45, 7) is 7.14. The topological polar surface area (TPSA) is 76.5 Å². The zero-order valence-electron chi connectivity index (χ0n) is 15.6. The SMILES string of the molecule is CC(C)(C)c1ccc(Cn2cnc3nc(-c4ccncc4)[nH]c(=O)c32)cc1. The van der Waals surface area contributed by atoms with Gasteiger partial charge in [0.15, 0.2) is 11.2 Å². The third-order valence-corrected chi connectivity index (χ3v) is 4.61. The summed E-state index contributed by atoms with van der Waals surface area (Å²) in [5.41, 5.74) is 4.03. The van der Waals surface area contributed by atoms with Crippen molar-refractivity contribution in [1.29, 1.82) is 0 Å². The molecule has 6 nitrogen and oxygen atoms in total. The first kappa shape index (κ1) is 17.1. The van der Waals surface area contributed by atoms with E-state index >= 15 is 0 Å². The first-order valence-corrected chi connectivity index (χ1v) is 8.87. The maximum atomic E-state index is 12.7. The highest BCUT2D eigenvalue weighted by Crippen LogP contribution is 2.22. The smallest absolute Gasteiger partial charge is 0.277 e. The molecule has 0 bridgehead atoms. The van der Waals surface area contributed by atoms with E-state index < -0.39 is 0 Å². The van der Waals surface area contributed by atoms with Crippen LogP contribution in [0.25, 0.3) is 22.6 Å². The van der Waals surface area contributed by atoms with E-state index in [9.17, 15) is 4.79 Å². The van der Waals surface area contributed by atoms with Crippen molar-refractivity contribution >= 4 is 11.2 Å². The Balaban J connectivity index is 1.69. The van der Waals surface area contributed by atoms with Crippen LogP contribution in [-0.2, 0) is 12.0 Å². The Labute approximate surface area is 157 Å². The average molecular weight is 359 g/mol. The molecule has 4 aromatic rings. The molecule has 0 aliphatic heterocycles. The Morgan fingerprint density at radius 3 is 2.41 bits per heavy atom. The van der Waals surface area contributed by atoms with Crippen molar-refractivity contribution < 1.29 is 0 Å². The average Bonchev–Trinajstić information content (AvgIpc) is 3.05. The second-order valence-corrected chi connectivity index (χ2v) is 7.64. The van der Waals surface area contributed by atoms with E-state index in [1.165, 1.54) is 5.56 Å². The normalized spacial score (nSPS) is 11.8. The molecule has 0 spiro atoms. The molecule has 0 saturated carbocycles. The van der Waals surface area contributed by atoms with Crippen LogP contribution in [0, 0.1) is 0 Å². The molecule has 3 aromatic heterocycles. The van der Waals surface area contributed by atoms with Crippen LogP contribution in [0.4, 0.5) is 0 Å². The number of nitrogens with zero attached hydrogens (tertiary/aromatic N) is 4. The van der Waals surface area contributed by atoms with Gasteiger partial charge in [-0.2, -0.15) is 0 Å². The molecule has 0 saturated heterocycles. The number of H-pyrrole nitrogens is 1. The van der Waals surface area contributed by atoms with Crippen molar-refractivity contribution in [3.8, 4) is 11.4 Å². The molecule has 0 atom stereocenters. The maximum absolute atomic E-state index is 12.7. The van der Waals surface area contributed by atoms with Crippen LogP contribution in [0.15, 0.2) is 59.9 Å². The van der Waals surface area contributed by atoms with Gasteiger partial charge in [0.2, 0.25) is 0 Å². The van der Waals surface area contributed by atoms with E-state index in [4.69, 9.17) is 0 Å². The first-order chi connectivity index (χ1) is 12.9. The number of fused-ring (bicyclic) bond motifs is 1. The van der Waals surface area contributed by atoms with Crippen molar-refractivity contribution in [2.45, 2.75) is 32.7 Å². The van der Waals surface area contributed by atoms with Crippen LogP contribution in [0.3, 0.4) is 0 Å². The van der Waals surface area contributed by atoms with Gasteiger partial charge in [-0.15, -0.1) is 0 Å². The molecular weight excluding hydrogens is 338 g/mol. The van der Waals surface area contributed by atoms with Gasteiger partial charge >= 0.3 is 0 Å². The number of nitrogens with one attached hydrogen (secondary N) is 1. The molecule has 136 valence electrons. The highest BCUT2D eigenvalue weighted by Gasteiger charge is 2.14. The number of imidazole rings is 1. The van der Waals surface area contributed by atoms with E-state index in [1.807, 2.05) is 4.57 Å². The van der Waals surface area contributed by atoms with Crippen molar-refractivity contribution in [1.82, 2.24) is 24.5 Å². The third kappa shape index (κ3) is 3.38. The van der Waals surface area contributed by atoms with E-state index in [1.54, 1.807) is 30.9 Å². The monoisotopic (exact) mass is 359 g/mol. The lowest BCUT2D eigenvalue weighted by atomic mass is 9.87. The van der Waals surface area contributed by atoms with Crippen molar-refractivity contribution in [3.05, 3.63) is 76.6 Å². The Hall–Kier alpha value is -3.28. The Morgan fingerprint density at radius 2 is 1.74 bits per heavy atom. The quantitative estimate of drug-likeness (QED) is 0.607. The summed E-state index contributed by atoms with van der Waals surface area (Å²) in [7, 11) is 0. The Kier molecular flexibility index (Phi) is 4.11. The van der Waals surface area contributed by atoms with Crippen LogP contribution in [0.1, 0.15) is 31.9 Å². The van der Waals surface area contributed by atoms with Gasteiger partial charge < -0.3 is 9.55 Å². The summed E-state index contributed by atoms with van der Waals surface area (Å²) in [6.07, 6.45) is 5.00. The summed E-state index contributed by atoms with van der Waals surface area (Å²) in [5, 5.41) is 0. The highest BCUT2D eigenvalue weighted by molar-refractivity contribution is 5.72. The fourth-order valence-electron chi connectivity index (χ4n) is 3.06. The minimum atomic E-state index is -0.198. The standard InChI is InChI=1S/C21H21N5O/c1-21(2,3)16-6-4-14(5-7-16)12-26-13-23-19-17(26)20(27)25-18(24-19)15-8-10-22-11-9-15/h4-11,13H,12H2,1-3H3,(H,24,25,27). The summed E-state index contributed by atoms with van der Waals surface area (Å²) in [5.74, 6) is 0.495. The van der Waals surface area contributed by atoms with Gasteiger partial charge in [-0.05, 0) is 28.7 Å². The lowest BCUT2D eigenvalue weighted by Crippen LogP contribution is -2.14. The minimum Gasteiger partial charge on any atom is -0.320 e. The molecule has 0 radical (unpaired) electrons. The lowest BCUT2D eigenvalue weighted by molar-refractivity contribution is 0.590. The molecule has 0 fully saturated rings.